The number of piperidine rings is 1. The summed E-state index contributed by atoms with van der Waals surface area (Å²) in [7, 11) is 1.47. The van der Waals surface area contributed by atoms with Crippen LogP contribution < -0.4 is 26.4 Å². The molecular weight excluding hydrogens is 484 g/mol. The second kappa shape index (κ2) is 11.5. The lowest BCUT2D eigenvalue weighted by atomic mass is 10.1. The molecular formula is C22H28N10O5. The molecule has 1 aliphatic rings. The highest BCUT2D eigenvalue weighted by Crippen LogP contribution is 2.28. The summed E-state index contributed by atoms with van der Waals surface area (Å²) in [5, 5.41) is 19.7. The fraction of sp³-hybridized carbons (Fsp3) is 0.409. The van der Waals surface area contributed by atoms with Crippen LogP contribution in [0, 0.1) is 0 Å². The van der Waals surface area contributed by atoms with E-state index in [4.69, 9.17) is 25.6 Å². The predicted molar refractivity (Wildman–Crippen MR) is 130 cm³/mol. The van der Waals surface area contributed by atoms with Crippen molar-refractivity contribution in [2.75, 3.05) is 32.5 Å². The number of nitrogens with one attached hydrogen (secondary N) is 1. The molecule has 196 valence electrons. The van der Waals surface area contributed by atoms with E-state index in [9.17, 15) is 9.59 Å². The van der Waals surface area contributed by atoms with Crippen LogP contribution in [-0.2, 0) is 11.3 Å². The van der Waals surface area contributed by atoms with Gasteiger partial charge in [-0.25, -0.2) is 10.1 Å². The van der Waals surface area contributed by atoms with Gasteiger partial charge in [0.05, 0.1) is 18.5 Å². The van der Waals surface area contributed by atoms with E-state index in [2.05, 4.69) is 36.1 Å². The van der Waals surface area contributed by atoms with E-state index < -0.39 is 11.8 Å². The van der Waals surface area contributed by atoms with Crippen molar-refractivity contribution in [3.8, 4) is 17.3 Å². The zero-order chi connectivity index (χ0) is 26.4. The van der Waals surface area contributed by atoms with Crippen LogP contribution in [0.3, 0.4) is 0 Å². The molecule has 0 spiro atoms. The lowest BCUT2D eigenvalue weighted by Gasteiger charge is -2.26. The Balaban J connectivity index is 1.55. The van der Waals surface area contributed by atoms with E-state index in [1.807, 2.05) is 0 Å². The summed E-state index contributed by atoms with van der Waals surface area (Å²) in [5.41, 5.74) is 15.2. The van der Waals surface area contributed by atoms with Gasteiger partial charge in [0.1, 0.15) is 0 Å². The minimum Gasteiger partial charge on any atom is -0.493 e. The van der Waals surface area contributed by atoms with Gasteiger partial charge in [-0.15, -0.1) is 5.10 Å². The van der Waals surface area contributed by atoms with Gasteiger partial charge in [0, 0.05) is 12.1 Å². The number of nitrogen functional groups attached to an aromatic ring is 1. The number of carbonyl (C=O) groups excluding carboxylic acids is 2. The fourth-order valence-electron chi connectivity index (χ4n) is 3.87. The highest BCUT2D eigenvalue weighted by molar-refractivity contribution is 6.01. The Kier molecular flexibility index (Phi) is 7.92. The van der Waals surface area contributed by atoms with Crippen molar-refractivity contribution in [2.45, 2.75) is 32.7 Å². The SMILES string of the molecule is COc1cc(/C(C)=N\NC(=O)c2nnn(-c3nonc3N)c2CN2CCCCC2)ccc1OCC(N)=O. The van der Waals surface area contributed by atoms with Crippen LogP contribution in [0.1, 0.15) is 47.9 Å². The third-order valence-electron chi connectivity index (χ3n) is 5.77. The summed E-state index contributed by atoms with van der Waals surface area (Å²) < 4.78 is 16.7. The maximum atomic E-state index is 13.1. The van der Waals surface area contributed by atoms with Crippen LogP contribution in [0.15, 0.2) is 27.9 Å². The third kappa shape index (κ3) is 6.00. The number of primary amides is 1. The predicted octanol–water partition coefficient (Wildman–Crippen LogP) is 0.245. The molecule has 0 radical (unpaired) electrons. The molecule has 0 unspecified atom stereocenters. The Hall–Kier alpha value is -4.53. The average Bonchev–Trinajstić information content (AvgIpc) is 3.51. The first-order valence-electron chi connectivity index (χ1n) is 11.6. The van der Waals surface area contributed by atoms with E-state index in [0.717, 1.165) is 25.9 Å². The normalized spacial score (nSPS) is 14.4. The second-order valence-electron chi connectivity index (χ2n) is 8.37. The molecule has 15 nitrogen and oxygen atoms in total. The van der Waals surface area contributed by atoms with Gasteiger partial charge in [-0.05, 0) is 61.4 Å². The maximum Gasteiger partial charge on any atom is 0.293 e. The van der Waals surface area contributed by atoms with Crippen molar-refractivity contribution in [1.82, 2.24) is 35.6 Å². The van der Waals surface area contributed by atoms with Gasteiger partial charge in [-0.3, -0.25) is 14.5 Å². The van der Waals surface area contributed by atoms with Crippen molar-refractivity contribution in [3.05, 3.63) is 35.2 Å². The molecule has 1 aromatic carbocycles. The molecule has 5 N–H and O–H groups in total. The van der Waals surface area contributed by atoms with E-state index >= 15 is 0 Å². The Labute approximate surface area is 211 Å². The van der Waals surface area contributed by atoms with E-state index in [0.29, 0.717) is 35.0 Å². The summed E-state index contributed by atoms with van der Waals surface area (Å²) in [4.78, 5) is 26.3. The van der Waals surface area contributed by atoms with Crippen LogP contribution in [-0.4, -0.2) is 74.5 Å². The molecule has 2 aromatic heterocycles. The number of aromatic nitrogens is 5. The van der Waals surface area contributed by atoms with Gasteiger partial charge in [0.15, 0.2) is 23.8 Å². The van der Waals surface area contributed by atoms with Crippen LogP contribution >= 0.6 is 0 Å². The molecule has 1 saturated heterocycles. The number of hydrogen-bond acceptors (Lipinski definition) is 12. The first-order chi connectivity index (χ1) is 17.9. The number of rotatable bonds is 10. The molecule has 0 bridgehead atoms. The van der Waals surface area contributed by atoms with Crippen LogP contribution in [0.5, 0.6) is 11.5 Å². The summed E-state index contributed by atoms with van der Waals surface area (Å²) in [6.07, 6.45) is 3.30. The number of likely N-dealkylation sites (tertiary alicyclic amines) is 1. The van der Waals surface area contributed by atoms with Crippen molar-refractivity contribution < 1.29 is 23.7 Å². The smallest absolute Gasteiger partial charge is 0.293 e. The monoisotopic (exact) mass is 512 g/mol. The van der Waals surface area contributed by atoms with Gasteiger partial charge in [0.2, 0.25) is 11.6 Å². The number of amides is 2. The number of nitrogens with zero attached hydrogens (tertiary/aromatic N) is 7. The van der Waals surface area contributed by atoms with Gasteiger partial charge in [0.25, 0.3) is 11.8 Å². The van der Waals surface area contributed by atoms with Crippen LogP contribution in [0.4, 0.5) is 5.82 Å². The van der Waals surface area contributed by atoms with Crippen molar-refractivity contribution in [2.24, 2.45) is 10.8 Å². The Morgan fingerprint density at radius 2 is 1.97 bits per heavy atom. The van der Waals surface area contributed by atoms with Crippen LogP contribution in [0.2, 0.25) is 0 Å². The molecule has 0 aliphatic carbocycles. The average molecular weight is 513 g/mol. The molecule has 2 amide bonds. The van der Waals surface area contributed by atoms with E-state index in [1.165, 1.54) is 18.2 Å². The zero-order valence-corrected chi connectivity index (χ0v) is 20.5. The summed E-state index contributed by atoms with van der Waals surface area (Å²) >= 11 is 0. The molecule has 37 heavy (non-hydrogen) atoms. The van der Waals surface area contributed by atoms with Crippen molar-refractivity contribution >= 4 is 23.3 Å². The highest BCUT2D eigenvalue weighted by atomic mass is 16.6. The van der Waals surface area contributed by atoms with Gasteiger partial charge >= 0.3 is 0 Å². The molecule has 0 saturated carbocycles. The minimum atomic E-state index is -0.606. The highest BCUT2D eigenvalue weighted by Gasteiger charge is 2.26. The van der Waals surface area contributed by atoms with Gasteiger partial charge in [-0.1, -0.05) is 11.6 Å². The third-order valence-corrected chi connectivity index (χ3v) is 5.77. The van der Waals surface area contributed by atoms with Crippen molar-refractivity contribution in [1.29, 1.82) is 0 Å². The van der Waals surface area contributed by atoms with E-state index in [1.54, 1.807) is 25.1 Å². The minimum absolute atomic E-state index is 0.0304. The first kappa shape index (κ1) is 25.6. The number of carbonyl (C=O) groups is 2. The van der Waals surface area contributed by atoms with Crippen molar-refractivity contribution in [3.63, 3.8) is 0 Å². The zero-order valence-electron chi connectivity index (χ0n) is 20.5. The number of hydrazone groups is 1. The topological polar surface area (TPSA) is 202 Å². The Morgan fingerprint density at radius 3 is 2.65 bits per heavy atom. The largest absolute Gasteiger partial charge is 0.493 e. The lowest BCUT2D eigenvalue weighted by molar-refractivity contribution is -0.119. The summed E-state index contributed by atoms with van der Waals surface area (Å²) in [6, 6.07) is 5.00. The van der Waals surface area contributed by atoms with E-state index in [-0.39, 0.29) is 23.9 Å². The van der Waals surface area contributed by atoms with Gasteiger partial charge in [-0.2, -0.15) is 9.78 Å². The summed E-state index contributed by atoms with van der Waals surface area (Å²) in [5.74, 6) is -0.244. The van der Waals surface area contributed by atoms with Crippen LogP contribution in [0.25, 0.3) is 5.82 Å². The molecule has 0 atom stereocenters. The summed E-state index contributed by atoms with van der Waals surface area (Å²) in [6.45, 7) is 3.62. The standard InChI is InChI=1S/C22H28N10O5/c1-13(14-6-7-16(17(10-14)35-2)36-12-18(23)33)25-27-22(34)19-15(11-31-8-4-3-5-9-31)32(30-26-19)21-20(24)28-37-29-21/h6-7,10H,3-5,8-9,11-12H2,1-2H3,(H2,23,33)(H2,24,28)(H,27,34)/b25-13-. The molecule has 15 heteroatoms. The van der Waals surface area contributed by atoms with Gasteiger partial charge < -0.3 is 20.9 Å². The number of benzene rings is 1. The number of ether oxygens (including phenoxy) is 2. The number of hydrogen-bond donors (Lipinski definition) is 3. The number of nitrogens with two attached hydrogens (primary N) is 2. The first-order valence-corrected chi connectivity index (χ1v) is 11.6. The molecule has 4 rings (SSSR count). The molecule has 3 heterocycles. The quantitative estimate of drug-likeness (QED) is 0.248. The fourth-order valence-corrected chi connectivity index (χ4v) is 3.87. The molecule has 3 aromatic rings. The molecule has 1 fully saturated rings. The number of methoxy groups -OCH3 is 1. The maximum absolute atomic E-state index is 13.1. The lowest BCUT2D eigenvalue weighted by Crippen LogP contribution is -2.31. The second-order valence-corrected chi connectivity index (χ2v) is 8.37. The Bertz CT molecular complexity index is 1290. The number of anilines is 1. The Morgan fingerprint density at radius 1 is 1.19 bits per heavy atom. The molecule has 1 aliphatic heterocycles.